The van der Waals surface area contributed by atoms with Crippen LogP contribution >= 0.6 is 0 Å². The standard InChI is InChI=1S/C22H23F2N5O3S/c1-4-25-22(30)29-33(3,31)13-14-7-8-26-20(9-14)28-21-11-17(18(24)12-27-21)16-6-5-15(23)10-19(16)32-2/h5-13H,4H2,1-3H3,(H,26,27,28)(H2,25,29,30,31). The van der Waals surface area contributed by atoms with Crippen LogP contribution in [0.2, 0.25) is 0 Å². The van der Waals surface area contributed by atoms with E-state index in [9.17, 15) is 17.8 Å². The molecule has 3 aromatic rings. The van der Waals surface area contributed by atoms with Gasteiger partial charge in [-0.05, 0) is 42.8 Å². The second-order valence-electron chi connectivity index (χ2n) is 6.98. The van der Waals surface area contributed by atoms with Gasteiger partial charge in [-0.25, -0.2) is 27.8 Å². The van der Waals surface area contributed by atoms with Crippen LogP contribution in [-0.2, 0) is 9.71 Å². The predicted molar refractivity (Wildman–Crippen MR) is 125 cm³/mol. The van der Waals surface area contributed by atoms with E-state index in [0.29, 0.717) is 23.5 Å². The minimum absolute atomic E-state index is 0.162. The highest BCUT2D eigenvalue weighted by atomic mass is 32.2. The molecule has 0 spiro atoms. The third kappa shape index (κ3) is 6.39. The number of aromatic nitrogens is 2. The summed E-state index contributed by atoms with van der Waals surface area (Å²) in [5.41, 5.74) is 1.06. The Hall–Kier alpha value is -3.73. The van der Waals surface area contributed by atoms with Gasteiger partial charge in [0.25, 0.3) is 0 Å². The molecule has 11 heteroatoms. The van der Waals surface area contributed by atoms with E-state index in [0.717, 1.165) is 6.20 Å². The zero-order valence-electron chi connectivity index (χ0n) is 18.2. The van der Waals surface area contributed by atoms with Crippen molar-refractivity contribution in [1.82, 2.24) is 20.0 Å². The van der Waals surface area contributed by atoms with Gasteiger partial charge in [-0.2, -0.15) is 0 Å². The molecule has 1 atom stereocenters. The molecule has 0 aliphatic heterocycles. The van der Waals surface area contributed by atoms with E-state index in [1.165, 1.54) is 49.2 Å². The van der Waals surface area contributed by atoms with Gasteiger partial charge >= 0.3 is 6.03 Å². The zero-order valence-corrected chi connectivity index (χ0v) is 19.0. The van der Waals surface area contributed by atoms with E-state index in [-0.39, 0.29) is 17.1 Å². The average Bonchev–Trinajstić information content (AvgIpc) is 2.75. The van der Waals surface area contributed by atoms with Crippen molar-refractivity contribution < 1.29 is 22.5 Å². The minimum Gasteiger partial charge on any atom is -0.496 e. The van der Waals surface area contributed by atoms with Crippen molar-refractivity contribution >= 4 is 32.7 Å². The lowest BCUT2D eigenvalue weighted by atomic mass is 10.0. The Balaban J connectivity index is 1.88. The van der Waals surface area contributed by atoms with E-state index in [2.05, 4.69) is 25.3 Å². The second kappa shape index (κ2) is 10.3. The van der Waals surface area contributed by atoms with Crippen molar-refractivity contribution in [3.63, 3.8) is 0 Å². The summed E-state index contributed by atoms with van der Waals surface area (Å²) in [4.78, 5) is 19.9. The van der Waals surface area contributed by atoms with Gasteiger partial charge in [0, 0.05) is 41.6 Å². The molecule has 3 rings (SSSR count). The number of halogens is 2. The van der Waals surface area contributed by atoms with Gasteiger partial charge in [0.15, 0.2) is 0 Å². The van der Waals surface area contributed by atoms with Gasteiger partial charge in [-0.15, -0.1) is 0 Å². The summed E-state index contributed by atoms with van der Waals surface area (Å²) in [5.74, 6) is -0.302. The highest BCUT2D eigenvalue weighted by Gasteiger charge is 2.14. The monoisotopic (exact) mass is 475 g/mol. The van der Waals surface area contributed by atoms with E-state index in [1.54, 1.807) is 19.1 Å². The molecule has 0 bridgehead atoms. The lowest BCUT2D eigenvalue weighted by Gasteiger charge is -2.12. The molecule has 2 amide bonds. The van der Waals surface area contributed by atoms with E-state index < -0.39 is 27.4 Å². The van der Waals surface area contributed by atoms with E-state index in [4.69, 9.17) is 4.74 Å². The minimum atomic E-state index is -2.81. The fourth-order valence-electron chi connectivity index (χ4n) is 2.99. The Bertz CT molecular complexity index is 1290. The van der Waals surface area contributed by atoms with Gasteiger partial charge < -0.3 is 15.4 Å². The Kier molecular flexibility index (Phi) is 7.44. The number of ether oxygens (including phenoxy) is 1. The SMILES string of the molecule is CCNC(=O)NS(C)(=O)=Cc1ccnc(Nc2cc(-c3ccc(F)cc3OC)c(F)cn2)c1. The number of nitrogens with one attached hydrogen (secondary N) is 3. The number of carbonyl (C=O) groups is 1. The number of hydrogen-bond acceptors (Lipinski definition) is 6. The number of anilines is 2. The largest absolute Gasteiger partial charge is 0.496 e. The molecular formula is C22H23F2N5O3S. The Morgan fingerprint density at radius 1 is 1.12 bits per heavy atom. The van der Waals surface area contributed by atoms with Crippen molar-refractivity contribution in [2.75, 3.05) is 25.2 Å². The first-order valence-electron chi connectivity index (χ1n) is 9.83. The molecule has 0 aliphatic rings. The molecule has 33 heavy (non-hydrogen) atoms. The first kappa shape index (κ1) is 23.9. The third-order valence-electron chi connectivity index (χ3n) is 4.34. The van der Waals surface area contributed by atoms with Gasteiger partial charge in [0.2, 0.25) is 0 Å². The molecule has 0 saturated carbocycles. The van der Waals surface area contributed by atoms with E-state index in [1.807, 2.05) is 0 Å². The van der Waals surface area contributed by atoms with Gasteiger partial charge in [0.1, 0.15) is 29.0 Å². The molecule has 2 heterocycles. The molecule has 0 radical (unpaired) electrons. The normalized spacial score (nSPS) is 12.4. The van der Waals surface area contributed by atoms with Crippen LogP contribution in [0.5, 0.6) is 5.75 Å². The smallest absolute Gasteiger partial charge is 0.326 e. The maximum Gasteiger partial charge on any atom is 0.326 e. The lowest BCUT2D eigenvalue weighted by molar-refractivity contribution is 0.246. The molecular weight excluding hydrogens is 452 g/mol. The topological polar surface area (TPSA) is 105 Å². The number of pyridine rings is 2. The van der Waals surface area contributed by atoms with Crippen molar-refractivity contribution in [2.24, 2.45) is 0 Å². The lowest BCUT2D eigenvalue weighted by Crippen LogP contribution is -2.39. The molecule has 174 valence electrons. The molecule has 1 aromatic carbocycles. The highest BCUT2D eigenvalue weighted by Crippen LogP contribution is 2.33. The number of urea groups is 1. The summed E-state index contributed by atoms with van der Waals surface area (Å²) in [6, 6.07) is 7.94. The molecule has 1 unspecified atom stereocenters. The predicted octanol–water partition coefficient (Wildman–Crippen LogP) is 3.47. The van der Waals surface area contributed by atoms with E-state index >= 15 is 0 Å². The van der Waals surface area contributed by atoms with Crippen LogP contribution in [0.1, 0.15) is 12.5 Å². The van der Waals surface area contributed by atoms with Crippen LogP contribution in [0.25, 0.3) is 11.1 Å². The second-order valence-corrected chi connectivity index (χ2v) is 9.22. The Morgan fingerprint density at radius 3 is 2.61 bits per heavy atom. The number of methoxy groups -OCH3 is 1. The molecule has 0 aliphatic carbocycles. The molecule has 2 aromatic heterocycles. The maximum absolute atomic E-state index is 14.5. The highest BCUT2D eigenvalue weighted by molar-refractivity contribution is 7.99. The number of hydrogen-bond donors (Lipinski definition) is 3. The summed E-state index contributed by atoms with van der Waals surface area (Å²) in [6.45, 7) is 2.16. The maximum atomic E-state index is 14.5. The van der Waals surface area contributed by atoms with Gasteiger partial charge in [-0.3, -0.25) is 4.72 Å². The average molecular weight is 476 g/mol. The quantitative estimate of drug-likeness (QED) is 0.452. The summed E-state index contributed by atoms with van der Waals surface area (Å²) in [6.07, 6.45) is 3.93. The molecule has 0 fully saturated rings. The zero-order chi connectivity index (χ0) is 24.0. The number of rotatable bonds is 7. The fraction of sp³-hybridized carbons (Fsp3) is 0.182. The van der Waals surface area contributed by atoms with Crippen LogP contribution in [0, 0.1) is 11.6 Å². The number of nitrogens with zero attached hydrogens (tertiary/aromatic N) is 2. The fourth-order valence-corrected chi connectivity index (χ4v) is 4.16. The number of benzene rings is 1. The number of carbonyl (C=O) groups excluding carboxylic acids is 1. The van der Waals surface area contributed by atoms with Crippen molar-refractivity contribution in [1.29, 1.82) is 0 Å². The molecule has 8 nitrogen and oxygen atoms in total. The first-order chi connectivity index (χ1) is 15.7. The van der Waals surface area contributed by atoms with Crippen molar-refractivity contribution in [3.05, 3.63) is 66.0 Å². The van der Waals surface area contributed by atoms with Gasteiger partial charge in [-0.1, -0.05) is 0 Å². The molecule has 0 saturated heterocycles. The Labute approximate surface area is 190 Å². The first-order valence-corrected chi connectivity index (χ1v) is 11.9. The van der Waals surface area contributed by atoms with Crippen LogP contribution in [0.15, 0.2) is 48.8 Å². The molecule has 3 N–H and O–H groups in total. The number of amides is 2. The summed E-state index contributed by atoms with van der Waals surface area (Å²) in [5, 5.41) is 6.90. The Morgan fingerprint density at radius 2 is 1.88 bits per heavy atom. The summed E-state index contributed by atoms with van der Waals surface area (Å²) in [7, 11) is -1.44. The van der Waals surface area contributed by atoms with Gasteiger partial charge in [0.05, 0.1) is 23.0 Å². The van der Waals surface area contributed by atoms with Crippen LogP contribution in [0.4, 0.5) is 25.2 Å². The van der Waals surface area contributed by atoms with Crippen LogP contribution in [0.3, 0.4) is 0 Å². The third-order valence-corrected chi connectivity index (χ3v) is 5.66. The van der Waals surface area contributed by atoms with Crippen molar-refractivity contribution in [3.8, 4) is 16.9 Å². The van der Waals surface area contributed by atoms with Crippen LogP contribution in [-0.4, -0.2) is 45.5 Å². The summed E-state index contributed by atoms with van der Waals surface area (Å²) >= 11 is 0. The summed E-state index contributed by atoms with van der Waals surface area (Å²) < 4.78 is 48.3. The van der Waals surface area contributed by atoms with Crippen LogP contribution < -0.4 is 20.1 Å². The van der Waals surface area contributed by atoms with Crippen molar-refractivity contribution in [2.45, 2.75) is 6.92 Å².